The number of primary sulfonamides is 1. The Kier molecular flexibility index (Phi) is 4.54. The number of carboxylic acids is 1. The lowest BCUT2D eigenvalue weighted by molar-refractivity contribution is -0.141. The number of aliphatic carboxylic acids is 1. The van der Waals surface area contributed by atoms with E-state index in [1.807, 2.05) is 6.92 Å². The van der Waals surface area contributed by atoms with E-state index in [1.165, 1.54) is 24.3 Å². The molecule has 1 rings (SSSR count). The van der Waals surface area contributed by atoms with E-state index in [4.69, 9.17) is 5.14 Å². The monoisotopic (exact) mass is 286 g/mol. The Labute approximate surface area is 112 Å². The van der Waals surface area contributed by atoms with E-state index in [0.717, 1.165) is 0 Å². The van der Waals surface area contributed by atoms with Crippen molar-refractivity contribution in [2.24, 2.45) is 5.14 Å². The van der Waals surface area contributed by atoms with Gasteiger partial charge in [-0.3, -0.25) is 0 Å². The lowest BCUT2D eigenvalue weighted by atomic mass is 9.96. The average Bonchev–Trinajstić information content (AvgIpc) is 2.28. The average molecular weight is 286 g/mol. The molecule has 1 unspecified atom stereocenters. The summed E-state index contributed by atoms with van der Waals surface area (Å²) < 4.78 is 22.2. The molecular weight excluding hydrogens is 268 g/mol. The topological polar surface area (TPSA) is 109 Å². The van der Waals surface area contributed by atoms with E-state index in [0.29, 0.717) is 18.5 Å². The molecule has 0 bridgehead atoms. The normalized spacial score (nSPS) is 14.7. The number of benzene rings is 1. The van der Waals surface area contributed by atoms with Crippen molar-refractivity contribution in [3.63, 3.8) is 0 Å². The van der Waals surface area contributed by atoms with E-state index >= 15 is 0 Å². The summed E-state index contributed by atoms with van der Waals surface area (Å²) in [4.78, 5) is 11.3. The van der Waals surface area contributed by atoms with Gasteiger partial charge >= 0.3 is 5.97 Å². The molecule has 0 saturated carbocycles. The van der Waals surface area contributed by atoms with E-state index < -0.39 is 21.5 Å². The van der Waals surface area contributed by atoms with Crippen LogP contribution in [0.4, 0.5) is 5.69 Å². The Bertz CT molecular complexity index is 554. The van der Waals surface area contributed by atoms with Gasteiger partial charge in [-0.1, -0.05) is 13.3 Å². The molecule has 7 heteroatoms. The van der Waals surface area contributed by atoms with Crippen molar-refractivity contribution < 1.29 is 18.3 Å². The molecule has 0 heterocycles. The molecule has 0 aromatic heterocycles. The second-order valence-electron chi connectivity index (χ2n) is 4.58. The lowest BCUT2D eigenvalue weighted by Crippen LogP contribution is -2.43. The maximum Gasteiger partial charge on any atom is 0.329 e. The van der Waals surface area contributed by atoms with Crippen LogP contribution in [-0.2, 0) is 14.8 Å². The molecule has 0 aliphatic rings. The lowest BCUT2D eigenvalue weighted by Gasteiger charge is -2.27. The highest BCUT2D eigenvalue weighted by Crippen LogP contribution is 2.21. The highest BCUT2D eigenvalue weighted by molar-refractivity contribution is 7.89. The highest BCUT2D eigenvalue weighted by atomic mass is 32.2. The molecule has 0 saturated heterocycles. The van der Waals surface area contributed by atoms with E-state index in [1.54, 1.807) is 6.92 Å². The third-order valence-electron chi connectivity index (χ3n) is 2.83. The van der Waals surface area contributed by atoms with Gasteiger partial charge in [-0.25, -0.2) is 18.4 Å². The summed E-state index contributed by atoms with van der Waals surface area (Å²) >= 11 is 0. The van der Waals surface area contributed by atoms with Gasteiger partial charge in [0.2, 0.25) is 10.0 Å². The Balaban J connectivity index is 2.96. The quantitative estimate of drug-likeness (QED) is 0.732. The summed E-state index contributed by atoms with van der Waals surface area (Å²) in [6.07, 6.45) is 1.17. The van der Waals surface area contributed by atoms with Crippen molar-refractivity contribution in [3.05, 3.63) is 24.3 Å². The van der Waals surface area contributed by atoms with Gasteiger partial charge < -0.3 is 10.4 Å². The Morgan fingerprint density at radius 3 is 2.26 bits per heavy atom. The fraction of sp³-hybridized carbons (Fsp3) is 0.417. The first-order valence-electron chi connectivity index (χ1n) is 5.83. The Morgan fingerprint density at radius 1 is 1.37 bits per heavy atom. The van der Waals surface area contributed by atoms with Crippen LogP contribution in [0.5, 0.6) is 0 Å². The zero-order chi connectivity index (χ0) is 14.7. The minimum atomic E-state index is -3.73. The summed E-state index contributed by atoms with van der Waals surface area (Å²) in [5, 5.41) is 17.1. The van der Waals surface area contributed by atoms with Gasteiger partial charge in [0.1, 0.15) is 5.54 Å². The van der Waals surface area contributed by atoms with Crippen LogP contribution in [-0.4, -0.2) is 25.0 Å². The smallest absolute Gasteiger partial charge is 0.329 e. The fourth-order valence-corrected chi connectivity index (χ4v) is 2.28. The number of sulfonamides is 1. The number of anilines is 1. The minimum absolute atomic E-state index is 0.00873. The van der Waals surface area contributed by atoms with Crippen LogP contribution >= 0.6 is 0 Å². The zero-order valence-electron chi connectivity index (χ0n) is 10.9. The molecule has 1 aromatic carbocycles. The van der Waals surface area contributed by atoms with E-state index in [-0.39, 0.29) is 4.90 Å². The maximum atomic E-state index is 11.3. The minimum Gasteiger partial charge on any atom is -0.480 e. The van der Waals surface area contributed by atoms with Gasteiger partial charge in [-0.2, -0.15) is 0 Å². The van der Waals surface area contributed by atoms with Crippen LogP contribution in [0.15, 0.2) is 29.2 Å². The van der Waals surface area contributed by atoms with Gasteiger partial charge in [0.25, 0.3) is 0 Å². The summed E-state index contributed by atoms with van der Waals surface area (Å²) in [6.45, 7) is 3.49. The largest absolute Gasteiger partial charge is 0.480 e. The van der Waals surface area contributed by atoms with Gasteiger partial charge in [-0.15, -0.1) is 0 Å². The zero-order valence-corrected chi connectivity index (χ0v) is 11.7. The number of carboxylic acid groups (broad SMARTS) is 1. The fourth-order valence-electron chi connectivity index (χ4n) is 1.77. The van der Waals surface area contributed by atoms with E-state index in [2.05, 4.69) is 5.32 Å². The van der Waals surface area contributed by atoms with Crippen LogP contribution in [0.1, 0.15) is 26.7 Å². The summed E-state index contributed by atoms with van der Waals surface area (Å²) in [5.41, 5.74) is -0.552. The molecule has 1 atom stereocenters. The molecule has 0 fully saturated rings. The van der Waals surface area contributed by atoms with Gasteiger partial charge in [-0.05, 0) is 37.6 Å². The Hall–Kier alpha value is -1.60. The molecule has 106 valence electrons. The first-order valence-corrected chi connectivity index (χ1v) is 7.38. The first-order chi connectivity index (χ1) is 8.69. The standard InChI is InChI=1S/C12H18N2O4S/c1-3-8-12(2,11(15)16)14-9-4-6-10(7-5-9)19(13,17)18/h4-7,14H,3,8H2,1-2H3,(H,15,16)(H2,13,17,18). The number of hydrogen-bond donors (Lipinski definition) is 3. The molecule has 1 aromatic rings. The molecule has 4 N–H and O–H groups in total. The number of rotatable bonds is 6. The number of nitrogens with one attached hydrogen (secondary N) is 1. The van der Waals surface area contributed by atoms with Gasteiger partial charge in [0, 0.05) is 5.69 Å². The van der Waals surface area contributed by atoms with E-state index in [9.17, 15) is 18.3 Å². The van der Waals surface area contributed by atoms with Crippen molar-refractivity contribution in [3.8, 4) is 0 Å². The van der Waals surface area contributed by atoms with Crippen LogP contribution in [0.2, 0.25) is 0 Å². The third kappa shape index (κ3) is 3.93. The van der Waals surface area contributed by atoms with Crippen LogP contribution in [0.3, 0.4) is 0 Å². The molecular formula is C12H18N2O4S. The molecule has 19 heavy (non-hydrogen) atoms. The molecule has 0 radical (unpaired) electrons. The molecule has 0 amide bonds. The second kappa shape index (κ2) is 5.58. The predicted molar refractivity (Wildman–Crippen MR) is 72.4 cm³/mol. The van der Waals surface area contributed by atoms with Gasteiger partial charge in [0.05, 0.1) is 4.90 Å². The van der Waals surface area contributed by atoms with Crippen molar-refractivity contribution in [2.75, 3.05) is 5.32 Å². The summed E-state index contributed by atoms with van der Waals surface area (Å²) in [7, 11) is -3.73. The molecule has 0 aliphatic heterocycles. The van der Waals surface area contributed by atoms with Gasteiger partial charge in [0.15, 0.2) is 0 Å². The number of nitrogens with two attached hydrogens (primary N) is 1. The highest BCUT2D eigenvalue weighted by Gasteiger charge is 2.31. The SMILES string of the molecule is CCCC(C)(Nc1ccc(S(N)(=O)=O)cc1)C(=O)O. The van der Waals surface area contributed by atoms with Crippen molar-refractivity contribution >= 4 is 21.7 Å². The predicted octanol–water partition coefficient (Wildman–Crippen LogP) is 1.39. The molecule has 0 spiro atoms. The summed E-state index contributed by atoms with van der Waals surface area (Å²) in [5.74, 6) is -0.954. The van der Waals surface area contributed by atoms with Crippen molar-refractivity contribution in [1.82, 2.24) is 0 Å². The van der Waals surface area contributed by atoms with Crippen molar-refractivity contribution in [2.45, 2.75) is 37.1 Å². The Morgan fingerprint density at radius 2 is 1.89 bits per heavy atom. The maximum absolute atomic E-state index is 11.3. The van der Waals surface area contributed by atoms with Crippen LogP contribution < -0.4 is 10.5 Å². The third-order valence-corrected chi connectivity index (χ3v) is 3.75. The van der Waals surface area contributed by atoms with Crippen LogP contribution in [0, 0.1) is 0 Å². The van der Waals surface area contributed by atoms with Crippen LogP contribution in [0.25, 0.3) is 0 Å². The van der Waals surface area contributed by atoms with Crippen molar-refractivity contribution in [1.29, 1.82) is 0 Å². The molecule has 0 aliphatic carbocycles. The second-order valence-corrected chi connectivity index (χ2v) is 6.14. The first kappa shape index (κ1) is 15.5. The molecule has 6 nitrogen and oxygen atoms in total. The number of carbonyl (C=O) groups is 1. The summed E-state index contributed by atoms with van der Waals surface area (Å²) in [6, 6.07) is 5.67. The number of hydrogen-bond acceptors (Lipinski definition) is 4.